The summed E-state index contributed by atoms with van der Waals surface area (Å²) in [6.45, 7) is 0. The van der Waals surface area contributed by atoms with Crippen molar-refractivity contribution in [3.63, 3.8) is 0 Å². The van der Waals surface area contributed by atoms with Crippen molar-refractivity contribution in [3.05, 3.63) is 24.3 Å². The molecule has 1 aromatic rings. The molecule has 0 spiro atoms. The predicted octanol–water partition coefficient (Wildman–Crippen LogP) is 1.08. The highest BCUT2D eigenvalue weighted by atomic mass is 31.2. The first-order chi connectivity index (χ1) is 14.8. The van der Waals surface area contributed by atoms with E-state index in [0.717, 1.165) is 19.3 Å². The van der Waals surface area contributed by atoms with Crippen molar-refractivity contribution < 1.29 is 39.4 Å². The predicted molar refractivity (Wildman–Crippen MR) is 115 cm³/mol. The number of nitrogens with one attached hydrogen (secondary N) is 1. The van der Waals surface area contributed by atoms with E-state index in [1.807, 2.05) is 0 Å². The summed E-state index contributed by atoms with van der Waals surface area (Å²) < 4.78 is 11.1. The summed E-state index contributed by atoms with van der Waals surface area (Å²) in [5, 5.41) is 33.0. The van der Waals surface area contributed by atoms with Crippen LogP contribution in [-0.2, 0) is 9.53 Å². The summed E-state index contributed by atoms with van der Waals surface area (Å²) >= 11 is 0. The fourth-order valence-corrected chi connectivity index (χ4v) is 3.64. The van der Waals surface area contributed by atoms with Gasteiger partial charge in [0, 0.05) is 24.7 Å². The maximum atomic E-state index is 12.0. The highest BCUT2D eigenvalue weighted by molar-refractivity contribution is 7.45. The van der Waals surface area contributed by atoms with Gasteiger partial charge >= 0.3 is 0 Å². The van der Waals surface area contributed by atoms with Crippen LogP contribution in [0.4, 0.5) is 5.69 Å². The van der Waals surface area contributed by atoms with Crippen LogP contribution in [0, 0.1) is 12.3 Å². The number of aliphatic hydroxyl groups is 3. The molecule has 1 amide bonds. The molecule has 0 aromatic heterocycles. The Morgan fingerprint density at radius 3 is 2.45 bits per heavy atom. The zero-order valence-corrected chi connectivity index (χ0v) is 18.0. The van der Waals surface area contributed by atoms with Gasteiger partial charge in [-0.1, -0.05) is 6.42 Å². The quantitative estimate of drug-likeness (QED) is 0.165. The highest BCUT2D eigenvalue weighted by Crippen LogP contribution is 2.30. The number of ether oxygens (including phenoxy) is 2. The number of rotatable bonds is 11. The first-order valence-electron chi connectivity index (χ1n) is 10.2. The average molecular weight is 455 g/mol. The summed E-state index contributed by atoms with van der Waals surface area (Å²) in [7, 11) is -2.17. The Balaban J connectivity index is 1.86. The van der Waals surface area contributed by atoms with Gasteiger partial charge in [0.1, 0.15) is 24.1 Å². The molecule has 1 fully saturated rings. The molecule has 0 aliphatic carbocycles. The lowest BCUT2D eigenvalue weighted by atomic mass is 9.97. The zero-order chi connectivity index (χ0) is 22.8. The van der Waals surface area contributed by atoms with Crippen LogP contribution in [0.25, 0.3) is 0 Å². The number of hydrogen-bond acceptors (Lipinski definition) is 8. The Bertz CT molecular complexity index is 723. The van der Waals surface area contributed by atoms with Crippen molar-refractivity contribution in [3.8, 4) is 18.1 Å². The van der Waals surface area contributed by atoms with Crippen molar-refractivity contribution in [2.24, 2.45) is 0 Å². The topological polar surface area (TPSA) is 149 Å². The van der Waals surface area contributed by atoms with Gasteiger partial charge < -0.3 is 39.9 Å². The van der Waals surface area contributed by atoms with Crippen LogP contribution in [0.5, 0.6) is 5.75 Å². The lowest BCUT2D eigenvalue weighted by molar-refractivity contribution is -0.272. The minimum absolute atomic E-state index is 0.00903. The number of hydrogen-bond donors (Lipinski definition) is 6. The van der Waals surface area contributed by atoms with Gasteiger partial charge in [0.05, 0.1) is 6.10 Å². The maximum absolute atomic E-state index is 12.0. The Kier molecular flexibility index (Phi) is 10.6. The maximum Gasteiger partial charge on any atom is 0.229 e. The van der Waals surface area contributed by atoms with Gasteiger partial charge in [-0.2, -0.15) is 0 Å². The minimum atomic E-state index is -2.17. The third kappa shape index (κ3) is 8.36. The number of aliphatic hydroxyl groups excluding tert-OH is 3. The summed E-state index contributed by atoms with van der Waals surface area (Å²) in [6.07, 6.45) is 2.37. The molecule has 9 nitrogen and oxygen atoms in total. The summed E-state index contributed by atoms with van der Waals surface area (Å²) in [6, 6.07) is 6.42. The Morgan fingerprint density at radius 2 is 1.81 bits per heavy atom. The van der Waals surface area contributed by atoms with Crippen molar-refractivity contribution in [2.45, 2.75) is 69.2 Å². The third-order valence-electron chi connectivity index (χ3n) is 4.90. The first kappa shape index (κ1) is 25.5. The largest absolute Gasteiger partial charge is 0.462 e. The Labute approximate surface area is 182 Å². The fourth-order valence-electron chi connectivity index (χ4n) is 3.16. The first-order valence-corrected chi connectivity index (χ1v) is 11.6. The van der Waals surface area contributed by atoms with E-state index in [1.54, 1.807) is 24.3 Å². The van der Waals surface area contributed by atoms with E-state index < -0.39 is 39.1 Å². The van der Waals surface area contributed by atoms with Crippen LogP contribution < -0.4 is 10.1 Å². The summed E-state index contributed by atoms with van der Waals surface area (Å²) in [5.41, 5.74) is 0.582. The second kappa shape index (κ2) is 12.9. The molecule has 5 atom stereocenters. The lowest BCUT2D eigenvalue weighted by Gasteiger charge is -2.40. The molecule has 172 valence electrons. The molecule has 0 bridgehead atoms. The summed E-state index contributed by atoms with van der Waals surface area (Å²) in [4.78, 5) is 30.1. The monoisotopic (exact) mass is 455 g/mol. The fraction of sp³-hybridized carbons (Fsp3) is 0.571. The van der Waals surface area contributed by atoms with Crippen LogP contribution in [0.15, 0.2) is 24.3 Å². The number of amides is 1. The van der Waals surface area contributed by atoms with Gasteiger partial charge in [-0.3, -0.25) is 4.79 Å². The second-order valence-electron chi connectivity index (χ2n) is 7.35. The number of unbranched alkanes of at least 4 members (excludes halogenated alkanes) is 3. The SMILES string of the molecule is C#CCCCCCC(=O)Nc1ccc(O[C@H]2OC(CCP(O)O)[C@@H](O)C(O)C2O)cc1. The molecule has 0 radical (unpaired) electrons. The van der Waals surface area contributed by atoms with Crippen LogP contribution in [0.1, 0.15) is 38.5 Å². The number of benzene rings is 1. The molecule has 2 rings (SSSR count). The molecular weight excluding hydrogens is 425 g/mol. The molecule has 0 saturated carbocycles. The van der Waals surface area contributed by atoms with E-state index in [4.69, 9.17) is 25.7 Å². The Hall–Kier alpha value is -1.76. The molecule has 3 unspecified atom stereocenters. The minimum Gasteiger partial charge on any atom is -0.462 e. The van der Waals surface area contributed by atoms with Crippen LogP contribution in [0.3, 0.4) is 0 Å². The van der Waals surface area contributed by atoms with E-state index in [1.165, 1.54) is 0 Å². The van der Waals surface area contributed by atoms with Crippen LogP contribution >= 0.6 is 8.38 Å². The molecule has 1 saturated heterocycles. The van der Waals surface area contributed by atoms with Gasteiger partial charge in [0.25, 0.3) is 0 Å². The molecule has 1 aliphatic heterocycles. The van der Waals surface area contributed by atoms with E-state index in [0.29, 0.717) is 24.3 Å². The molecule has 1 aromatic carbocycles. The van der Waals surface area contributed by atoms with Gasteiger partial charge in [-0.15, -0.1) is 12.3 Å². The van der Waals surface area contributed by atoms with Gasteiger partial charge in [-0.05, 0) is 43.5 Å². The third-order valence-corrected chi connectivity index (χ3v) is 5.56. The second-order valence-corrected chi connectivity index (χ2v) is 8.55. The zero-order valence-electron chi connectivity index (χ0n) is 17.1. The van der Waals surface area contributed by atoms with Gasteiger partial charge in [0.2, 0.25) is 12.2 Å². The number of carbonyl (C=O) groups is 1. The number of anilines is 1. The van der Waals surface area contributed by atoms with E-state index in [-0.39, 0.29) is 18.5 Å². The van der Waals surface area contributed by atoms with E-state index >= 15 is 0 Å². The molecule has 1 heterocycles. The molecule has 6 N–H and O–H groups in total. The van der Waals surface area contributed by atoms with Crippen molar-refractivity contribution in [2.75, 3.05) is 11.5 Å². The van der Waals surface area contributed by atoms with Gasteiger partial charge in [0.15, 0.2) is 8.38 Å². The molecular formula is C21H30NO8P. The van der Waals surface area contributed by atoms with Crippen molar-refractivity contribution >= 4 is 20.0 Å². The van der Waals surface area contributed by atoms with E-state index in [9.17, 15) is 20.1 Å². The number of carbonyl (C=O) groups excluding carboxylic acids is 1. The van der Waals surface area contributed by atoms with Crippen molar-refractivity contribution in [1.82, 2.24) is 0 Å². The smallest absolute Gasteiger partial charge is 0.229 e. The highest BCUT2D eigenvalue weighted by Gasteiger charge is 2.44. The Morgan fingerprint density at radius 1 is 1.10 bits per heavy atom. The van der Waals surface area contributed by atoms with Crippen LogP contribution in [-0.4, -0.2) is 67.9 Å². The van der Waals surface area contributed by atoms with Gasteiger partial charge in [-0.25, -0.2) is 0 Å². The van der Waals surface area contributed by atoms with Crippen LogP contribution in [0.2, 0.25) is 0 Å². The average Bonchev–Trinajstić information content (AvgIpc) is 2.74. The lowest BCUT2D eigenvalue weighted by Crippen LogP contribution is -2.59. The summed E-state index contributed by atoms with van der Waals surface area (Å²) in [5.74, 6) is 2.79. The molecule has 1 aliphatic rings. The van der Waals surface area contributed by atoms with E-state index in [2.05, 4.69) is 11.2 Å². The standard InChI is InChI=1S/C21H30NO8P/c1-2-3-4-5-6-7-17(23)22-14-8-10-15(11-9-14)29-21-20(26)19(25)18(24)16(30-21)12-13-31(27)28/h1,8-11,16,18-21,24-28H,3-7,12-13H2,(H,22,23)/t16?,18-,19?,20?,21+/m1/s1. The van der Waals surface area contributed by atoms with Crippen molar-refractivity contribution in [1.29, 1.82) is 0 Å². The number of terminal acetylenes is 1. The molecule has 31 heavy (non-hydrogen) atoms. The normalized spacial score (nSPS) is 25.8. The molecule has 10 heteroatoms.